The summed E-state index contributed by atoms with van der Waals surface area (Å²) in [5.74, 6) is -0.933. The van der Waals surface area contributed by atoms with Gasteiger partial charge in [-0.3, -0.25) is 4.79 Å². The molecule has 0 N–H and O–H groups in total. The van der Waals surface area contributed by atoms with E-state index in [-0.39, 0.29) is 5.78 Å². The average molecular weight is 274 g/mol. The predicted molar refractivity (Wildman–Crippen MR) is 73.6 cm³/mol. The number of benzene rings is 1. The van der Waals surface area contributed by atoms with Gasteiger partial charge < -0.3 is 14.2 Å². The van der Waals surface area contributed by atoms with E-state index in [1.807, 2.05) is 44.2 Å². The zero-order chi connectivity index (χ0) is 14.4. The van der Waals surface area contributed by atoms with Crippen LogP contribution in [0.1, 0.15) is 32.8 Å². The molecule has 0 amide bonds. The number of ketones is 1. The molecule has 2 heterocycles. The Kier molecular flexibility index (Phi) is 2.96. The molecule has 1 saturated heterocycles. The Bertz CT molecular complexity index is 573. The fraction of sp³-hybridized carbons (Fsp3) is 0.438. The van der Waals surface area contributed by atoms with E-state index in [0.717, 1.165) is 5.56 Å². The second kappa shape index (κ2) is 4.43. The van der Waals surface area contributed by atoms with Gasteiger partial charge in [0.2, 0.25) is 5.79 Å². The number of hydrogen-bond donors (Lipinski definition) is 0. The molecule has 2 aliphatic heterocycles. The third kappa shape index (κ3) is 2.25. The quantitative estimate of drug-likeness (QED) is 0.832. The largest absolute Gasteiger partial charge is 0.458 e. The van der Waals surface area contributed by atoms with Crippen LogP contribution < -0.4 is 0 Å². The number of ether oxygens (including phenoxy) is 3. The van der Waals surface area contributed by atoms with Crippen LogP contribution in [-0.4, -0.2) is 24.0 Å². The van der Waals surface area contributed by atoms with Crippen molar-refractivity contribution in [3.63, 3.8) is 0 Å². The van der Waals surface area contributed by atoms with Gasteiger partial charge in [0.1, 0.15) is 12.4 Å². The molecule has 20 heavy (non-hydrogen) atoms. The van der Waals surface area contributed by atoms with E-state index >= 15 is 0 Å². The van der Waals surface area contributed by atoms with Crippen molar-refractivity contribution in [3.8, 4) is 0 Å². The summed E-state index contributed by atoms with van der Waals surface area (Å²) in [6.45, 7) is 5.58. The van der Waals surface area contributed by atoms with Gasteiger partial charge in [-0.1, -0.05) is 30.3 Å². The van der Waals surface area contributed by atoms with Crippen LogP contribution in [0.15, 0.2) is 35.9 Å². The number of Topliss-reactive ketones (excluding diaryl/α,β-unsaturated/α-hetero) is 1. The Labute approximate surface area is 118 Å². The molecule has 3 rings (SSSR count). The lowest BCUT2D eigenvalue weighted by molar-refractivity contribution is -0.220. The normalized spacial score (nSPS) is 27.9. The minimum absolute atomic E-state index is 0.00836. The molecule has 1 aromatic rings. The van der Waals surface area contributed by atoms with Crippen molar-refractivity contribution in [2.45, 2.75) is 38.8 Å². The van der Waals surface area contributed by atoms with Crippen LogP contribution in [0.4, 0.5) is 0 Å². The van der Waals surface area contributed by atoms with E-state index in [0.29, 0.717) is 24.4 Å². The summed E-state index contributed by atoms with van der Waals surface area (Å²) >= 11 is 0. The summed E-state index contributed by atoms with van der Waals surface area (Å²) in [6.07, 6.45) is 0.427. The Morgan fingerprint density at radius 2 is 1.90 bits per heavy atom. The highest BCUT2D eigenvalue weighted by molar-refractivity contribution is 6.00. The first-order chi connectivity index (χ1) is 9.41. The second-order valence-electron chi connectivity index (χ2n) is 5.71. The van der Waals surface area contributed by atoms with Crippen LogP contribution in [-0.2, 0) is 19.0 Å². The lowest BCUT2D eigenvalue weighted by atomic mass is 10.0. The monoisotopic (exact) mass is 274 g/mol. The Balaban J connectivity index is 1.96. The summed E-state index contributed by atoms with van der Waals surface area (Å²) in [5, 5.41) is 0. The van der Waals surface area contributed by atoms with Gasteiger partial charge in [0.25, 0.3) is 0 Å². The van der Waals surface area contributed by atoms with Crippen molar-refractivity contribution in [1.82, 2.24) is 0 Å². The van der Waals surface area contributed by atoms with E-state index in [2.05, 4.69) is 0 Å². The van der Waals surface area contributed by atoms with E-state index in [4.69, 9.17) is 14.2 Å². The summed E-state index contributed by atoms with van der Waals surface area (Å²) in [5.41, 5.74) is 1.56. The molecule has 2 aliphatic rings. The fourth-order valence-electron chi connectivity index (χ4n) is 2.67. The minimum atomic E-state index is -0.865. The molecule has 4 nitrogen and oxygen atoms in total. The lowest BCUT2D eigenvalue weighted by Gasteiger charge is -2.25. The molecule has 1 unspecified atom stereocenters. The molecule has 0 aromatic heterocycles. The summed E-state index contributed by atoms with van der Waals surface area (Å²) in [4.78, 5) is 11.9. The fourth-order valence-corrected chi connectivity index (χ4v) is 2.67. The highest BCUT2D eigenvalue weighted by Gasteiger charge is 2.52. The molecule has 0 bridgehead atoms. The van der Waals surface area contributed by atoms with Crippen molar-refractivity contribution in [3.05, 3.63) is 41.5 Å². The zero-order valence-electron chi connectivity index (χ0n) is 11.9. The van der Waals surface area contributed by atoms with Crippen LogP contribution in [0.25, 0.3) is 5.76 Å². The third-order valence-corrected chi connectivity index (χ3v) is 3.54. The Hall–Kier alpha value is -1.65. The van der Waals surface area contributed by atoms with E-state index < -0.39 is 11.6 Å². The van der Waals surface area contributed by atoms with Crippen molar-refractivity contribution in [2.75, 3.05) is 6.61 Å². The van der Waals surface area contributed by atoms with Crippen LogP contribution in [0.2, 0.25) is 0 Å². The van der Waals surface area contributed by atoms with Gasteiger partial charge in [-0.15, -0.1) is 0 Å². The highest BCUT2D eigenvalue weighted by atomic mass is 16.8. The predicted octanol–water partition coefficient (Wildman–Crippen LogP) is 2.89. The highest BCUT2D eigenvalue weighted by Crippen LogP contribution is 2.46. The number of carbonyl (C=O) groups excluding carboxylic acids is 1. The molecule has 1 atom stereocenters. The molecular formula is C16H18O4. The molecule has 0 aliphatic carbocycles. The van der Waals surface area contributed by atoms with Crippen LogP contribution in [0.3, 0.4) is 0 Å². The third-order valence-electron chi connectivity index (χ3n) is 3.54. The molecular weight excluding hydrogens is 256 g/mol. The summed E-state index contributed by atoms with van der Waals surface area (Å²) in [7, 11) is 0. The number of hydrogen-bond acceptors (Lipinski definition) is 4. The van der Waals surface area contributed by atoms with Crippen LogP contribution >= 0.6 is 0 Å². The van der Waals surface area contributed by atoms with Gasteiger partial charge in [-0.05, 0) is 20.8 Å². The molecule has 0 saturated carbocycles. The van der Waals surface area contributed by atoms with E-state index in [9.17, 15) is 4.79 Å². The van der Waals surface area contributed by atoms with Crippen molar-refractivity contribution in [2.24, 2.45) is 0 Å². The number of rotatable bonds is 2. The maximum absolute atomic E-state index is 11.9. The zero-order valence-corrected chi connectivity index (χ0v) is 11.9. The lowest BCUT2D eigenvalue weighted by Crippen LogP contribution is -2.34. The maximum atomic E-state index is 11.9. The second-order valence-corrected chi connectivity index (χ2v) is 5.71. The van der Waals surface area contributed by atoms with E-state index in [1.54, 1.807) is 6.92 Å². The SMILES string of the molecule is CC(=O)C1=C(c2ccccc2)OC2(COC(C)(C)O2)C1. The van der Waals surface area contributed by atoms with Crippen molar-refractivity contribution >= 4 is 11.5 Å². The molecule has 1 spiro atoms. The molecule has 0 radical (unpaired) electrons. The van der Waals surface area contributed by atoms with Gasteiger partial charge in [0.05, 0.1) is 0 Å². The maximum Gasteiger partial charge on any atom is 0.241 e. The van der Waals surface area contributed by atoms with Gasteiger partial charge in [-0.2, -0.15) is 0 Å². The van der Waals surface area contributed by atoms with Crippen LogP contribution in [0.5, 0.6) is 0 Å². The van der Waals surface area contributed by atoms with Crippen molar-refractivity contribution in [1.29, 1.82) is 0 Å². The minimum Gasteiger partial charge on any atom is -0.458 e. The Morgan fingerprint density at radius 1 is 1.20 bits per heavy atom. The van der Waals surface area contributed by atoms with Gasteiger partial charge >= 0.3 is 0 Å². The topological polar surface area (TPSA) is 44.8 Å². The first-order valence-electron chi connectivity index (χ1n) is 6.73. The average Bonchev–Trinajstić information content (AvgIpc) is 2.91. The molecule has 106 valence electrons. The number of carbonyl (C=O) groups is 1. The van der Waals surface area contributed by atoms with Gasteiger partial charge in [-0.25, -0.2) is 0 Å². The molecule has 1 aromatic carbocycles. The first-order valence-corrected chi connectivity index (χ1v) is 6.73. The summed E-state index contributed by atoms with van der Waals surface area (Å²) in [6, 6.07) is 9.63. The Morgan fingerprint density at radius 3 is 2.45 bits per heavy atom. The standard InChI is InChI=1S/C16H18O4/c1-11(17)13-9-16(10-18-15(2,3)20-16)19-14(13)12-7-5-4-6-8-12/h4-8H,9-10H2,1-3H3. The van der Waals surface area contributed by atoms with Gasteiger partial charge in [0, 0.05) is 17.6 Å². The molecule has 4 heteroatoms. The van der Waals surface area contributed by atoms with Gasteiger partial charge in [0.15, 0.2) is 11.6 Å². The smallest absolute Gasteiger partial charge is 0.241 e. The summed E-state index contributed by atoms with van der Waals surface area (Å²) < 4.78 is 17.5. The van der Waals surface area contributed by atoms with Crippen LogP contribution in [0, 0.1) is 0 Å². The molecule has 1 fully saturated rings. The first kappa shape index (κ1) is 13.3. The van der Waals surface area contributed by atoms with Crippen molar-refractivity contribution < 1.29 is 19.0 Å². The van der Waals surface area contributed by atoms with E-state index in [1.165, 1.54) is 0 Å².